The lowest BCUT2D eigenvalue weighted by Crippen LogP contribution is -2.24. The minimum absolute atomic E-state index is 0.645. The van der Waals surface area contributed by atoms with Crippen molar-refractivity contribution in [3.05, 3.63) is 0 Å². The van der Waals surface area contributed by atoms with Crippen molar-refractivity contribution in [1.29, 1.82) is 0 Å². The lowest BCUT2D eigenvalue weighted by molar-refractivity contribution is 0.264. The van der Waals surface area contributed by atoms with Gasteiger partial charge in [0, 0.05) is 14.2 Å². The lowest BCUT2D eigenvalue weighted by atomic mass is 10.1. The zero-order chi connectivity index (χ0) is 10.8. The Kier molecular flexibility index (Phi) is 9.78. The van der Waals surface area contributed by atoms with E-state index in [2.05, 4.69) is 13.8 Å². The molecule has 0 aromatic heterocycles. The summed E-state index contributed by atoms with van der Waals surface area (Å²) in [5.41, 5.74) is 0.645. The molecule has 86 valence electrons. The minimum atomic E-state index is -1.35. The summed E-state index contributed by atoms with van der Waals surface area (Å²) in [7, 11) is 2.20. The van der Waals surface area contributed by atoms with Gasteiger partial charge >= 0.3 is 9.28 Å². The van der Waals surface area contributed by atoms with E-state index in [1.54, 1.807) is 14.2 Å². The van der Waals surface area contributed by atoms with Gasteiger partial charge in [0.15, 0.2) is 0 Å². The van der Waals surface area contributed by atoms with Crippen LogP contribution in [-0.4, -0.2) is 23.5 Å². The summed E-state index contributed by atoms with van der Waals surface area (Å²) in [5, 5.41) is 0. The third-order valence-electron chi connectivity index (χ3n) is 2.69. The van der Waals surface area contributed by atoms with Crippen molar-refractivity contribution in [3.63, 3.8) is 0 Å². The van der Waals surface area contributed by atoms with Crippen LogP contribution in [-0.2, 0) is 8.85 Å². The summed E-state index contributed by atoms with van der Waals surface area (Å²) >= 11 is 0. The Labute approximate surface area is 90.8 Å². The largest absolute Gasteiger partial charge is 0.400 e. The summed E-state index contributed by atoms with van der Waals surface area (Å²) in [5.74, 6) is 0. The average molecular weight is 218 g/mol. The fourth-order valence-electron chi connectivity index (χ4n) is 1.77. The number of hydrogen-bond donors (Lipinski definition) is 0. The van der Waals surface area contributed by atoms with Gasteiger partial charge in [0.2, 0.25) is 0 Å². The van der Waals surface area contributed by atoms with Gasteiger partial charge in [-0.05, 0) is 12.0 Å². The third-order valence-corrected chi connectivity index (χ3v) is 4.88. The van der Waals surface area contributed by atoms with E-state index >= 15 is 0 Å². The second-order valence-electron chi connectivity index (χ2n) is 4.02. The van der Waals surface area contributed by atoms with Gasteiger partial charge in [-0.1, -0.05) is 46.0 Å². The van der Waals surface area contributed by atoms with E-state index in [4.69, 9.17) is 8.85 Å². The molecule has 3 heteroatoms. The van der Waals surface area contributed by atoms with E-state index in [1.807, 2.05) is 0 Å². The Morgan fingerprint density at radius 3 is 2.07 bits per heavy atom. The summed E-state index contributed by atoms with van der Waals surface area (Å²) in [4.78, 5) is 0. The Morgan fingerprint density at radius 1 is 1.00 bits per heavy atom. The van der Waals surface area contributed by atoms with Crippen LogP contribution in [0.2, 0.25) is 5.54 Å². The molecule has 0 saturated carbocycles. The molecule has 1 unspecified atom stereocenters. The first kappa shape index (κ1) is 14.1. The number of hydrogen-bond acceptors (Lipinski definition) is 2. The molecule has 0 fully saturated rings. The predicted octanol–water partition coefficient (Wildman–Crippen LogP) is 3.25. The maximum atomic E-state index is 5.36. The van der Waals surface area contributed by atoms with Gasteiger partial charge in [0.05, 0.1) is 0 Å². The molecular formula is C11H26O2Si. The minimum Gasteiger partial charge on any atom is -0.400 e. The zero-order valence-corrected chi connectivity index (χ0v) is 11.4. The molecule has 1 atom stereocenters. The first-order valence-corrected chi connectivity index (χ1v) is 7.42. The van der Waals surface area contributed by atoms with Gasteiger partial charge in [0.25, 0.3) is 0 Å². The summed E-state index contributed by atoms with van der Waals surface area (Å²) in [6.45, 7) is 4.51. The monoisotopic (exact) mass is 218 g/mol. The summed E-state index contributed by atoms with van der Waals surface area (Å²) < 4.78 is 10.7. The van der Waals surface area contributed by atoms with Gasteiger partial charge in [-0.25, -0.2) is 0 Å². The Balaban J connectivity index is 3.37. The van der Waals surface area contributed by atoms with E-state index in [0.717, 1.165) is 0 Å². The normalized spacial score (nSPS) is 13.5. The molecule has 2 nitrogen and oxygen atoms in total. The molecule has 0 radical (unpaired) electrons. The Bertz CT molecular complexity index is 116. The maximum Gasteiger partial charge on any atom is 0.323 e. The van der Waals surface area contributed by atoms with Crippen LogP contribution in [0.4, 0.5) is 0 Å². The van der Waals surface area contributed by atoms with Gasteiger partial charge in [0.1, 0.15) is 0 Å². The van der Waals surface area contributed by atoms with Gasteiger partial charge < -0.3 is 8.85 Å². The highest BCUT2D eigenvalue weighted by Gasteiger charge is 2.18. The zero-order valence-electron chi connectivity index (χ0n) is 10.2. The van der Waals surface area contributed by atoms with Gasteiger partial charge in [-0.2, -0.15) is 0 Å². The topological polar surface area (TPSA) is 18.5 Å². The third kappa shape index (κ3) is 6.57. The summed E-state index contributed by atoms with van der Waals surface area (Å²) in [6.07, 6.45) is 8.05. The van der Waals surface area contributed by atoms with E-state index < -0.39 is 9.28 Å². The number of rotatable bonds is 9. The van der Waals surface area contributed by atoms with Crippen LogP contribution < -0.4 is 0 Å². The molecule has 0 saturated heterocycles. The molecule has 14 heavy (non-hydrogen) atoms. The van der Waals surface area contributed by atoms with Crippen molar-refractivity contribution in [2.24, 2.45) is 0 Å². The highest BCUT2D eigenvalue weighted by Crippen LogP contribution is 2.19. The SMILES string of the molecule is CCCCCCCC(C)[SiH](OC)OC. The maximum absolute atomic E-state index is 5.36. The molecule has 0 bridgehead atoms. The van der Waals surface area contributed by atoms with Crippen molar-refractivity contribution in [2.45, 2.75) is 57.9 Å². The van der Waals surface area contributed by atoms with E-state index in [9.17, 15) is 0 Å². The molecule has 0 aliphatic rings. The first-order valence-electron chi connectivity index (χ1n) is 5.81. The summed E-state index contributed by atoms with van der Waals surface area (Å²) in [6, 6.07) is 0. The Hall–Kier alpha value is 0.137. The first-order chi connectivity index (χ1) is 6.76. The molecule has 0 aliphatic heterocycles. The van der Waals surface area contributed by atoms with Crippen LogP contribution in [0.1, 0.15) is 52.4 Å². The molecule has 0 N–H and O–H groups in total. The van der Waals surface area contributed by atoms with Crippen LogP contribution >= 0.6 is 0 Å². The molecule has 0 rings (SSSR count). The Morgan fingerprint density at radius 2 is 1.57 bits per heavy atom. The fraction of sp³-hybridized carbons (Fsp3) is 1.00. The van der Waals surface area contributed by atoms with Crippen LogP contribution in [0, 0.1) is 0 Å². The number of unbranched alkanes of at least 4 members (excludes halogenated alkanes) is 4. The molecule has 0 heterocycles. The highest BCUT2D eigenvalue weighted by molar-refractivity contribution is 6.46. The molecular weight excluding hydrogens is 192 g/mol. The second kappa shape index (κ2) is 9.68. The second-order valence-corrected chi connectivity index (χ2v) is 6.84. The van der Waals surface area contributed by atoms with E-state index in [0.29, 0.717) is 5.54 Å². The van der Waals surface area contributed by atoms with Crippen LogP contribution in [0.25, 0.3) is 0 Å². The molecule has 0 aromatic rings. The van der Waals surface area contributed by atoms with Crippen LogP contribution in [0.15, 0.2) is 0 Å². The molecule has 0 aromatic carbocycles. The quantitative estimate of drug-likeness (QED) is 0.437. The smallest absolute Gasteiger partial charge is 0.323 e. The predicted molar refractivity (Wildman–Crippen MR) is 64.0 cm³/mol. The molecule has 0 amide bonds. The van der Waals surface area contributed by atoms with E-state index in [1.165, 1.54) is 38.5 Å². The highest BCUT2D eigenvalue weighted by atomic mass is 28.3. The van der Waals surface area contributed by atoms with Crippen molar-refractivity contribution in [3.8, 4) is 0 Å². The fourth-order valence-corrected chi connectivity index (χ4v) is 3.40. The average Bonchev–Trinajstić information content (AvgIpc) is 2.19. The van der Waals surface area contributed by atoms with Crippen molar-refractivity contribution >= 4 is 9.28 Å². The van der Waals surface area contributed by atoms with Gasteiger partial charge in [-0.15, -0.1) is 0 Å². The molecule has 0 aliphatic carbocycles. The van der Waals surface area contributed by atoms with Crippen LogP contribution in [0.3, 0.4) is 0 Å². The molecule has 0 spiro atoms. The lowest BCUT2D eigenvalue weighted by Gasteiger charge is -2.18. The van der Waals surface area contributed by atoms with Gasteiger partial charge in [-0.3, -0.25) is 0 Å². The van der Waals surface area contributed by atoms with Crippen molar-refractivity contribution in [2.75, 3.05) is 14.2 Å². The van der Waals surface area contributed by atoms with Crippen LogP contribution in [0.5, 0.6) is 0 Å². The van der Waals surface area contributed by atoms with Crippen molar-refractivity contribution < 1.29 is 8.85 Å². The van der Waals surface area contributed by atoms with Crippen molar-refractivity contribution in [1.82, 2.24) is 0 Å². The standard InChI is InChI=1S/C11H26O2Si/c1-5-6-7-8-9-10-11(2)14(12-3)13-4/h11,14H,5-10H2,1-4H3. The van der Waals surface area contributed by atoms with E-state index in [-0.39, 0.29) is 0 Å².